The van der Waals surface area contributed by atoms with Crippen LogP contribution in [-0.2, 0) is 34.3 Å². The predicted octanol–water partition coefficient (Wildman–Crippen LogP) is 3.65. The first kappa shape index (κ1) is 25.7. The number of amides is 1. The number of imidazole rings is 1. The molecule has 3 aromatic rings. The first-order valence-electron chi connectivity index (χ1n) is 11.6. The topological polar surface area (TPSA) is 93.5 Å². The molecule has 0 unspecified atom stereocenters. The minimum absolute atomic E-state index is 0.0703. The van der Waals surface area contributed by atoms with E-state index in [1.807, 2.05) is 50.5 Å². The van der Waals surface area contributed by atoms with Crippen molar-refractivity contribution in [3.8, 4) is 5.75 Å². The lowest BCUT2D eigenvalue weighted by molar-refractivity contribution is -0.121. The molecule has 1 amide bonds. The highest BCUT2D eigenvalue weighted by Gasteiger charge is 2.23. The fraction of sp³-hybridized carbons (Fsp3) is 0.440. The molecule has 9 heteroatoms. The zero-order chi connectivity index (χ0) is 24.9. The van der Waals surface area contributed by atoms with E-state index in [0.29, 0.717) is 38.1 Å². The van der Waals surface area contributed by atoms with E-state index in [2.05, 4.69) is 10.3 Å². The van der Waals surface area contributed by atoms with Gasteiger partial charge in [-0.15, -0.1) is 0 Å². The molecule has 0 aliphatic rings. The van der Waals surface area contributed by atoms with Crippen LogP contribution in [0.3, 0.4) is 0 Å². The molecule has 0 radical (unpaired) electrons. The third kappa shape index (κ3) is 5.42. The third-order valence-corrected chi connectivity index (χ3v) is 8.04. The number of benzene rings is 2. The molecule has 0 saturated heterocycles. The van der Waals surface area contributed by atoms with Gasteiger partial charge in [-0.05, 0) is 49.2 Å². The molecule has 0 atom stereocenters. The molecule has 0 aliphatic heterocycles. The predicted molar refractivity (Wildman–Crippen MR) is 133 cm³/mol. The number of carbonyl (C=O) groups excluding carboxylic acids is 1. The van der Waals surface area contributed by atoms with Gasteiger partial charge in [0, 0.05) is 39.0 Å². The summed E-state index contributed by atoms with van der Waals surface area (Å²) in [6.07, 6.45) is 0.751. The number of methoxy groups -OCH3 is 1. The fourth-order valence-corrected chi connectivity index (χ4v) is 5.54. The van der Waals surface area contributed by atoms with Crippen molar-refractivity contribution >= 4 is 27.0 Å². The number of hydrogen-bond donors (Lipinski definition) is 1. The van der Waals surface area contributed by atoms with Gasteiger partial charge in [-0.25, -0.2) is 13.4 Å². The molecule has 0 spiro atoms. The summed E-state index contributed by atoms with van der Waals surface area (Å²) < 4.78 is 34.6. The quantitative estimate of drug-likeness (QED) is 0.447. The van der Waals surface area contributed by atoms with E-state index in [4.69, 9.17) is 4.74 Å². The maximum absolute atomic E-state index is 12.9. The molecule has 184 valence electrons. The van der Waals surface area contributed by atoms with Crippen LogP contribution in [0.1, 0.15) is 44.1 Å². The number of nitrogens with one attached hydrogen (secondary N) is 1. The van der Waals surface area contributed by atoms with Gasteiger partial charge in [-0.1, -0.05) is 26.0 Å². The van der Waals surface area contributed by atoms with Crippen LogP contribution in [-0.4, -0.2) is 48.4 Å². The lowest BCUT2D eigenvalue weighted by Gasteiger charge is -2.18. The monoisotopic (exact) mass is 486 g/mol. The first-order chi connectivity index (χ1) is 16.2. The highest BCUT2D eigenvalue weighted by molar-refractivity contribution is 7.89. The van der Waals surface area contributed by atoms with Crippen molar-refractivity contribution in [2.24, 2.45) is 0 Å². The molecule has 0 bridgehead atoms. The summed E-state index contributed by atoms with van der Waals surface area (Å²) >= 11 is 0. The van der Waals surface area contributed by atoms with Crippen LogP contribution in [0.2, 0.25) is 0 Å². The van der Waals surface area contributed by atoms with Crippen molar-refractivity contribution in [1.29, 1.82) is 0 Å². The summed E-state index contributed by atoms with van der Waals surface area (Å²) in [5, 5.41) is 2.95. The second-order valence-electron chi connectivity index (χ2n) is 8.09. The average Bonchev–Trinajstić information content (AvgIpc) is 3.19. The summed E-state index contributed by atoms with van der Waals surface area (Å²) in [6.45, 7) is 9.56. The van der Waals surface area contributed by atoms with Gasteiger partial charge < -0.3 is 14.6 Å². The van der Waals surface area contributed by atoms with E-state index in [1.54, 1.807) is 25.3 Å². The molecular weight excluding hydrogens is 452 g/mol. The van der Waals surface area contributed by atoms with Crippen LogP contribution in [0.4, 0.5) is 0 Å². The summed E-state index contributed by atoms with van der Waals surface area (Å²) in [5.74, 6) is 1.49. The zero-order valence-corrected chi connectivity index (χ0v) is 21.4. The van der Waals surface area contributed by atoms with Crippen LogP contribution in [0.25, 0.3) is 11.0 Å². The van der Waals surface area contributed by atoms with E-state index in [1.165, 1.54) is 4.31 Å². The van der Waals surface area contributed by atoms with E-state index < -0.39 is 10.0 Å². The highest BCUT2D eigenvalue weighted by Crippen LogP contribution is 2.24. The number of sulfonamides is 1. The van der Waals surface area contributed by atoms with Crippen molar-refractivity contribution in [2.45, 2.75) is 58.5 Å². The molecule has 1 aromatic heterocycles. The van der Waals surface area contributed by atoms with Gasteiger partial charge >= 0.3 is 0 Å². The number of aromatic nitrogens is 2. The number of carbonyl (C=O) groups is 1. The molecule has 2 aromatic carbocycles. The maximum Gasteiger partial charge on any atom is 0.243 e. The van der Waals surface area contributed by atoms with Gasteiger partial charge in [0.05, 0.1) is 23.0 Å². The van der Waals surface area contributed by atoms with Crippen molar-refractivity contribution < 1.29 is 17.9 Å². The van der Waals surface area contributed by atoms with Crippen LogP contribution in [0.5, 0.6) is 5.75 Å². The standard InChI is InChI=1S/C25H34N4O4S/c1-6-28(7-2)34(31,32)20-11-12-22-21(16-20)27-24(29(22)8-3)13-14-25(30)26-17-19-10-9-18(4)23(15-19)33-5/h9-12,15-16H,6-8,13-14,17H2,1-5H3,(H,26,30). The second kappa shape index (κ2) is 11.0. The van der Waals surface area contributed by atoms with E-state index in [9.17, 15) is 13.2 Å². The van der Waals surface area contributed by atoms with Gasteiger partial charge in [0.25, 0.3) is 0 Å². The molecule has 0 saturated carbocycles. The SMILES string of the molecule is CCN(CC)S(=O)(=O)c1ccc2c(c1)nc(CCC(=O)NCc1ccc(C)c(OC)c1)n2CC. The van der Waals surface area contributed by atoms with Crippen LogP contribution in [0, 0.1) is 6.92 Å². The highest BCUT2D eigenvalue weighted by atomic mass is 32.2. The summed E-state index contributed by atoms with van der Waals surface area (Å²) in [7, 11) is -1.93. The number of hydrogen-bond acceptors (Lipinski definition) is 5. The largest absolute Gasteiger partial charge is 0.496 e. The average molecular weight is 487 g/mol. The van der Waals surface area contributed by atoms with Crippen LogP contribution >= 0.6 is 0 Å². The van der Waals surface area contributed by atoms with Gasteiger partial charge in [-0.2, -0.15) is 4.31 Å². The normalized spacial score (nSPS) is 11.8. The summed E-state index contributed by atoms with van der Waals surface area (Å²) in [6, 6.07) is 10.9. The van der Waals surface area contributed by atoms with Crippen LogP contribution in [0.15, 0.2) is 41.3 Å². The Hall–Kier alpha value is -2.91. The van der Waals surface area contributed by atoms with Crippen molar-refractivity contribution in [1.82, 2.24) is 19.2 Å². The molecule has 8 nitrogen and oxygen atoms in total. The Kier molecular flexibility index (Phi) is 8.33. The van der Waals surface area contributed by atoms with Gasteiger partial charge in [-0.3, -0.25) is 4.79 Å². The fourth-order valence-electron chi connectivity index (χ4n) is 4.06. The van der Waals surface area contributed by atoms with E-state index in [-0.39, 0.29) is 17.2 Å². The Labute approximate surface area is 202 Å². The number of aryl methyl sites for hydroxylation is 3. The Bertz CT molecular complexity index is 1260. The van der Waals surface area contributed by atoms with Crippen molar-refractivity contribution in [3.63, 3.8) is 0 Å². The number of rotatable bonds is 11. The van der Waals surface area contributed by atoms with Gasteiger partial charge in [0.15, 0.2) is 0 Å². The zero-order valence-electron chi connectivity index (χ0n) is 20.6. The molecule has 0 aliphatic carbocycles. The summed E-state index contributed by atoms with van der Waals surface area (Å²) in [5.41, 5.74) is 3.50. The smallest absolute Gasteiger partial charge is 0.243 e. The first-order valence-corrected chi connectivity index (χ1v) is 13.1. The number of fused-ring (bicyclic) bond motifs is 1. The van der Waals surface area contributed by atoms with Crippen molar-refractivity contribution in [3.05, 3.63) is 53.3 Å². The van der Waals surface area contributed by atoms with Crippen molar-refractivity contribution in [2.75, 3.05) is 20.2 Å². The number of ether oxygens (including phenoxy) is 1. The molecule has 0 fully saturated rings. The Morgan fingerprint density at radius 1 is 1.12 bits per heavy atom. The molecule has 34 heavy (non-hydrogen) atoms. The number of nitrogens with zero attached hydrogens (tertiary/aromatic N) is 3. The second-order valence-corrected chi connectivity index (χ2v) is 10.0. The molecule has 3 rings (SSSR count). The van der Waals surface area contributed by atoms with E-state index >= 15 is 0 Å². The third-order valence-electron chi connectivity index (χ3n) is 6.00. The molecular formula is C25H34N4O4S. The molecule has 1 heterocycles. The molecule has 1 N–H and O–H groups in total. The Morgan fingerprint density at radius 3 is 2.50 bits per heavy atom. The van der Waals surface area contributed by atoms with Gasteiger partial charge in [0.1, 0.15) is 11.6 Å². The Balaban J connectivity index is 1.72. The lowest BCUT2D eigenvalue weighted by Crippen LogP contribution is -2.30. The van der Waals surface area contributed by atoms with E-state index in [0.717, 1.165) is 28.2 Å². The lowest BCUT2D eigenvalue weighted by atomic mass is 10.1. The Morgan fingerprint density at radius 2 is 1.85 bits per heavy atom. The van der Waals surface area contributed by atoms with Crippen LogP contribution < -0.4 is 10.1 Å². The maximum atomic E-state index is 12.9. The minimum atomic E-state index is -3.56. The van der Waals surface area contributed by atoms with Gasteiger partial charge in [0.2, 0.25) is 15.9 Å². The summed E-state index contributed by atoms with van der Waals surface area (Å²) in [4.78, 5) is 17.4. The minimum Gasteiger partial charge on any atom is -0.496 e.